The number of rotatable bonds is 4. The fourth-order valence-corrected chi connectivity index (χ4v) is 6.11. The van der Waals surface area contributed by atoms with Crippen molar-refractivity contribution >= 4 is 29.3 Å². The van der Waals surface area contributed by atoms with Crippen LogP contribution < -0.4 is 4.90 Å². The zero-order chi connectivity index (χ0) is 28.6. The number of piperazine rings is 1. The van der Waals surface area contributed by atoms with Gasteiger partial charge in [-0.15, -0.1) is 0 Å². The van der Waals surface area contributed by atoms with E-state index in [0.29, 0.717) is 50.6 Å². The van der Waals surface area contributed by atoms with Gasteiger partial charge in [0, 0.05) is 58.3 Å². The van der Waals surface area contributed by atoms with E-state index in [-0.39, 0.29) is 24.5 Å². The van der Waals surface area contributed by atoms with Gasteiger partial charge >= 0.3 is 18.4 Å². The van der Waals surface area contributed by atoms with Gasteiger partial charge in [0.05, 0.1) is 10.7 Å². The number of halogens is 7. The Morgan fingerprint density at radius 3 is 2.10 bits per heavy atom. The molecule has 0 aromatic heterocycles. The second kappa shape index (κ2) is 11.2. The SMILES string of the molecule is CC(=O)N1CCN(c2cccc(CN3CCCC34CCN(C(=O)OC(C(F)(F)F)C(F)(F)F)CC4)c2Cl)CC1. The number of ether oxygens (including phenoxy) is 1. The molecule has 218 valence electrons. The molecule has 1 spiro atoms. The highest BCUT2D eigenvalue weighted by Gasteiger charge is 2.60. The lowest BCUT2D eigenvalue weighted by molar-refractivity contribution is -0.308. The molecule has 2 amide bonds. The lowest BCUT2D eigenvalue weighted by atomic mass is 9.85. The second-order valence-corrected chi connectivity index (χ2v) is 10.7. The van der Waals surface area contributed by atoms with Crippen molar-refractivity contribution in [1.29, 1.82) is 0 Å². The molecule has 0 N–H and O–H groups in total. The Kier molecular flexibility index (Phi) is 8.51. The van der Waals surface area contributed by atoms with Crippen LogP contribution in [0.15, 0.2) is 18.2 Å². The largest absolute Gasteiger partial charge is 0.434 e. The lowest BCUT2D eigenvalue weighted by Gasteiger charge is -2.45. The fraction of sp³-hybridized carbons (Fsp3) is 0.680. The van der Waals surface area contributed by atoms with E-state index in [2.05, 4.69) is 14.5 Å². The number of carbonyl (C=O) groups is 2. The zero-order valence-corrected chi connectivity index (χ0v) is 22.2. The Morgan fingerprint density at radius 1 is 0.923 bits per heavy atom. The maximum Gasteiger partial charge on any atom is 0.434 e. The van der Waals surface area contributed by atoms with E-state index in [1.54, 1.807) is 11.8 Å². The Balaban J connectivity index is 1.39. The van der Waals surface area contributed by atoms with Crippen molar-refractivity contribution in [2.75, 3.05) is 50.7 Å². The second-order valence-electron chi connectivity index (χ2n) is 10.3. The molecule has 1 aromatic carbocycles. The van der Waals surface area contributed by atoms with E-state index >= 15 is 0 Å². The van der Waals surface area contributed by atoms with Crippen LogP contribution in [0.2, 0.25) is 5.02 Å². The first kappa shape index (κ1) is 29.6. The van der Waals surface area contributed by atoms with Gasteiger partial charge in [-0.25, -0.2) is 4.79 Å². The summed E-state index contributed by atoms with van der Waals surface area (Å²) in [5.74, 6) is 0.0358. The van der Waals surface area contributed by atoms with Crippen LogP contribution in [0.5, 0.6) is 0 Å². The molecule has 0 radical (unpaired) electrons. The van der Waals surface area contributed by atoms with Gasteiger partial charge in [-0.1, -0.05) is 23.7 Å². The number of hydrogen-bond acceptors (Lipinski definition) is 5. The van der Waals surface area contributed by atoms with E-state index < -0.39 is 24.5 Å². The minimum Gasteiger partial charge on any atom is -0.426 e. The predicted octanol–water partition coefficient (Wildman–Crippen LogP) is 5.07. The minimum absolute atomic E-state index is 0.00797. The molecule has 3 saturated heterocycles. The molecule has 0 atom stereocenters. The van der Waals surface area contributed by atoms with Crippen LogP contribution in [0.3, 0.4) is 0 Å². The Labute approximate surface area is 227 Å². The standard InChI is InChI=1S/C25H31ClF6N4O3/c1-17(37)33-12-14-34(15-13-33)19-5-2-4-18(20(19)26)16-36-9-3-6-23(36)7-10-35(11-8-23)22(38)39-21(24(27,28)29)25(30,31)32/h2,4-5,21H,3,6-16H2,1H3. The summed E-state index contributed by atoms with van der Waals surface area (Å²) in [6, 6.07) is 5.80. The van der Waals surface area contributed by atoms with Crippen molar-refractivity contribution in [3.8, 4) is 0 Å². The van der Waals surface area contributed by atoms with E-state index in [0.717, 1.165) is 35.5 Å². The molecular formula is C25H31ClF6N4O3. The van der Waals surface area contributed by atoms with Crippen molar-refractivity contribution < 1.29 is 40.7 Å². The number of alkyl halides is 6. The summed E-state index contributed by atoms with van der Waals surface area (Å²) >= 11 is 6.83. The van der Waals surface area contributed by atoms with Gasteiger partial charge in [0.25, 0.3) is 6.10 Å². The monoisotopic (exact) mass is 584 g/mol. The van der Waals surface area contributed by atoms with Gasteiger partial charge in [0.1, 0.15) is 0 Å². The Hall–Kier alpha value is -2.41. The summed E-state index contributed by atoms with van der Waals surface area (Å²) in [6.45, 7) is 5.34. The highest BCUT2D eigenvalue weighted by molar-refractivity contribution is 6.34. The molecule has 3 aliphatic heterocycles. The molecular weight excluding hydrogens is 554 g/mol. The highest BCUT2D eigenvalue weighted by atomic mass is 35.5. The van der Waals surface area contributed by atoms with Crippen LogP contribution in [0.25, 0.3) is 0 Å². The molecule has 0 aliphatic carbocycles. The number of piperidine rings is 1. The third-order valence-electron chi connectivity index (χ3n) is 7.99. The number of carbonyl (C=O) groups excluding carboxylic acids is 2. The average molecular weight is 585 g/mol. The molecule has 39 heavy (non-hydrogen) atoms. The first-order valence-corrected chi connectivity index (χ1v) is 13.2. The molecule has 0 saturated carbocycles. The summed E-state index contributed by atoms with van der Waals surface area (Å²) in [4.78, 5) is 31.0. The molecule has 4 rings (SSSR count). The summed E-state index contributed by atoms with van der Waals surface area (Å²) in [5.41, 5.74) is 1.45. The number of benzene rings is 1. The van der Waals surface area contributed by atoms with E-state index in [4.69, 9.17) is 11.6 Å². The zero-order valence-electron chi connectivity index (χ0n) is 21.5. The number of hydrogen-bond donors (Lipinski definition) is 0. The van der Waals surface area contributed by atoms with Crippen LogP contribution in [-0.2, 0) is 16.1 Å². The smallest absolute Gasteiger partial charge is 0.426 e. The van der Waals surface area contributed by atoms with Gasteiger partial charge in [-0.05, 0) is 43.9 Å². The molecule has 1 aromatic rings. The third kappa shape index (κ3) is 6.50. The molecule has 14 heteroatoms. The summed E-state index contributed by atoms with van der Waals surface area (Å²) in [7, 11) is 0. The number of likely N-dealkylation sites (tertiary alicyclic amines) is 2. The predicted molar refractivity (Wildman–Crippen MR) is 131 cm³/mol. The Morgan fingerprint density at radius 2 is 1.54 bits per heavy atom. The van der Waals surface area contributed by atoms with Gasteiger partial charge in [-0.3, -0.25) is 9.69 Å². The molecule has 0 bridgehead atoms. The number of amides is 2. The van der Waals surface area contributed by atoms with Crippen LogP contribution in [0.1, 0.15) is 38.2 Å². The van der Waals surface area contributed by atoms with Gasteiger partial charge in [-0.2, -0.15) is 26.3 Å². The quantitative estimate of drug-likeness (QED) is 0.463. The van der Waals surface area contributed by atoms with Crippen LogP contribution in [0, 0.1) is 0 Å². The topological polar surface area (TPSA) is 56.3 Å². The number of nitrogens with zero attached hydrogens (tertiary/aromatic N) is 4. The minimum atomic E-state index is -5.75. The van der Waals surface area contributed by atoms with Crippen molar-refractivity contribution in [3.05, 3.63) is 28.8 Å². The molecule has 3 fully saturated rings. The fourth-order valence-electron chi connectivity index (χ4n) is 5.81. The van der Waals surface area contributed by atoms with Gasteiger partial charge in [0.15, 0.2) is 0 Å². The van der Waals surface area contributed by atoms with Crippen molar-refractivity contribution in [2.45, 2.75) is 63.1 Å². The van der Waals surface area contributed by atoms with E-state index in [1.165, 1.54) is 0 Å². The molecule has 3 heterocycles. The Bertz CT molecular complexity index is 1040. The molecule has 7 nitrogen and oxygen atoms in total. The number of anilines is 1. The lowest BCUT2D eigenvalue weighted by Crippen LogP contribution is -2.54. The third-order valence-corrected chi connectivity index (χ3v) is 8.43. The molecule has 3 aliphatic rings. The first-order chi connectivity index (χ1) is 18.2. The maximum absolute atomic E-state index is 12.8. The normalized spacial score (nSPS) is 20.7. The van der Waals surface area contributed by atoms with E-state index in [1.807, 2.05) is 18.2 Å². The van der Waals surface area contributed by atoms with E-state index in [9.17, 15) is 35.9 Å². The highest BCUT2D eigenvalue weighted by Crippen LogP contribution is 2.42. The van der Waals surface area contributed by atoms with Crippen LogP contribution in [0.4, 0.5) is 36.8 Å². The van der Waals surface area contributed by atoms with Gasteiger partial charge in [0.2, 0.25) is 5.91 Å². The van der Waals surface area contributed by atoms with Crippen molar-refractivity contribution in [3.63, 3.8) is 0 Å². The maximum atomic E-state index is 12.8. The van der Waals surface area contributed by atoms with Crippen molar-refractivity contribution in [2.24, 2.45) is 0 Å². The van der Waals surface area contributed by atoms with Crippen molar-refractivity contribution in [1.82, 2.24) is 14.7 Å². The van der Waals surface area contributed by atoms with Crippen LogP contribution >= 0.6 is 11.6 Å². The molecule has 0 unspecified atom stereocenters. The van der Waals surface area contributed by atoms with Crippen LogP contribution in [-0.4, -0.2) is 96.5 Å². The summed E-state index contributed by atoms with van der Waals surface area (Å²) in [5, 5.41) is 0.613. The first-order valence-electron chi connectivity index (χ1n) is 12.8. The summed E-state index contributed by atoms with van der Waals surface area (Å²) < 4.78 is 80.8. The van der Waals surface area contributed by atoms with Gasteiger partial charge < -0.3 is 19.4 Å². The summed E-state index contributed by atoms with van der Waals surface area (Å²) in [6.07, 6.45) is -14.8. The average Bonchev–Trinajstić information content (AvgIpc) is 3.24.